The quantitative estimate of drug-likeness (QED) is 0.724. The van der Waals surface area contributed by atoms with Crippen LogP contribution in [0.1, 0.15) is 18.5 Å². The summed E-state index contributed by atoms with van der Waals surface area (Å²) in [5, 5.41) is 0.698. The van der Waals surface area contributed by atoms with Crippen molar-refractivity contribution in [3.05, 3.63) is 53.4 Å². The van der Waals surface area contributed by atoms with Crippen LogP contribution in [0.4, 0.5) is 0 Å². The Labute approximate surface area is 147 Å². The van der Waals surface area contributed by atoms with Gasteiger partial charge in [0.05, 0.1) is 22.6 Å². The van der Waals surface area contributed by atoms with E-state index >= 15 is 0 Å². The molecule has 4 rings (SSSR count). The topological polar surface area (TPSA) is 33.4 Å². The molecule has 24 heavy (non-hydrogen) atoms. The molecule has 0 amide bonds. The zero-order valence-electron chi connectivity index (χ0n) is 13.8. The molecule has 0 spiro atoms. The van der Waals surface area contributed by atoms with Crippen LogP contribution in [0, 0.1) is 5.92 Å². The molecule has 0 aliphatic carbocycles. The SMILES string of the molecule is CN1CCC(Cc2cccc(-c3cnc4ccc(Cl)cn34)n2)CC1. The maximum Gasteiger partial charge on any atom is 0.137 e. The summed E-state index contributed by atoms with van der Waals surface area (Å²) in [4.78, 5) is 11.7. The van der Waals surface area contributed by atoms with Crippen molar-refractivity contribution in [2.75, 3.05) is 20.1 Å². The van der Waals surface area contributed by atoms with Gasteiger partial charge in [0.15, 0.2) is 0 Å². The van der Waals surface area contributed by atoms with Crippen molar-refractivity contribution >= 4 is 17.2 Å². The van der Waals surface area contributed by atoms with E-state index in [-0.39, 0.29) is 0 Å². The number of hydrogen-bond donors (Lipinski definition) is 0. The Kier molecular flexibility index (Phi) is 4.25. The molecule has 0 bridgehead atoms. The van der Waals surface area contributed by atoms with Crippen LogP contribution in [0.25, 0.3) is 17.0 Å². The molecule has 0 atom stereocenters. The fourth-order valence-corrected chi connectivity index (χ4v) is 3.60. The van der Waals surface area contributed by atoms with Gasteiger partial charge in [0, 0.05) is 11.9 Å². The van der Waals surface area contributed by atoms with E-state index in [1.54, 1.807) is 0 Å². The van der Waals surface area contributed by atoms with E-state index in [1.807, 2.05) is 35.0 Å². The predicted molar refractivity (Wildman–Crippen MR) is 97.4 cm³/mol. The molecule has 1 aliphatic rings. The maximum absolute atomic E-state index is 6.13. The van der Waals surface area contributed by atoms with Gasteiger partial charge in [-0.15, -0.1) is 0 Å². The molecule has 1 aliphatic heterocycles. The molecule has 5 heteroatoms. The van der Waals surface area contributed by atoms with Crippen LogP contribution in [-0.4, -0.2) is 39.4 Å². The Morgan fingerprint density at radius 2 is 2.00 bits per heavy atom. The van der Waals surface area contributed by atoms with Gasteiger partial charge >= 0.3 is 0 Å². The summed E-state index contributed by atoms with van der Waals surface area (Å²) in [6.45, 7) is 2.38. The molecule has 4 heterocycles. The second-order valence-corrected chi connectivity index (χ2v) is 7.12. The van der Waals surface area contributed by atoms with E-state index in [1.165, 1.54) is 31.6 Å². The van der Waals surface area contributed by atoms with E-state index in [4.69, 9.17) is 16.6 Å². The first-order valence-corrected chi connectivity index (χ1v) is 8.84. The average molecular weight is 341 g/mol. The van der Waals surface area contributed by atoms with Crippen LogP contribution in [0.2, 0.25) is 5.02 Å². The molecule has 0 radical (unpaired) electrons. The van der Waals surface area contributed by atoms with E-state index in [0.717, 1.165) is 29.4 Å². The van der Waals surface area contributed by atoms with Crippen molar-refractivity contribution in [3.8, 4) is 11.4 Å². The first-order valence-electron chi connectivity index (χ1n) is 8.46. The Morgan fingerprint density at radius 1 is 1.17 bits per heavy atom. The minimum Gasteiger partial charge on any atom is -0.306 e. The van der Waals surface area contributed by atoms with Crippen molar-refractivity contribution < 1.29 is 0 Å². The van der Waals surface area contributed by atoms with Crippen molar-refractivity contribution in [1.29, 1.82) is 0 Å². The standard InChI is InChI=1S/C19H21ClN4/c1-23-9-7-14(8-10-23)11-16-3-2-4-17(22-16)18-12-21-19-6-5-15(20)13-24(18)19/h2-6,12-14H,7-11H2,1H3. The van der Waals surface area contributed by atoms with Gasteiger partial charge in [0.1, 0.15) is 5.65 Å². The predicted octanol–water partition coefficient (Wildman–Crippen LogP) is 3.93. The smallest absolute Gasteiger partial charge is 0.137 e. The van der Waals surface area contributed by atoms with E-state index in [0.29, 0.717) is 5.02 Å². The number of piperidine rings is 1. The molecular formula is C19H21ClN4. The molecule has 0 unspecified atom stereocenters. The Hall–Kier alpha value is -1.91. The number of imidazole rings is 1. The fraction of sp³-hybridized carbons (Fsp3) is 0.368. The molecule has 4 nitrogen and oxygen atoms in total. The number of hydrogen-bond acceptors (Lipinski definition) is 3. The Morgan fingerprint density at radius 3 is 2.83 bits per heavy atom. The fourth-order valence-electron chi connectivity index (χ4n) is 3.44. The second kappa shape index (κ2) is 6.54. The lowest BCUT2D eigenvalue weighted by atomic mass is 9.92. The van der Waals surface area contributed by atoms with Gasteiger partial charge in [0.2, 0.25) is 0 Å². The summed E-state index contributed by atoms with van der Waals surface area (Å²) in [6, 6.07) is 10.1. The van der Waals surface area contributed by atoms with Gasteiger partial charge in [-0.3, -0.25) is 9.38 Å². The summed E-state index contributed by atoms with van der Waals surface area (Å²) in [7, 11) is 2.20. The van der Waals surface area contributed by atoms with Crippen molar-refractivity contribution in [3.63, 3.8) is 0 Å². The summed E-state index contributed by atoms with van der Waals surface area (Å²) in [6.07, 6.45) is 7.33. The zero-order valence-corrected chi connectivity index (χ0v) is 14.6. The lowest BCUT2D eigenvalue weighted by molar-refractivity contribution is 0.218. The van der Waals surface area contributed by atoms with Crippen LogP contribution in [0.3, 0.4) is 0 Å². The molecule has 3 aromatic rings. The first-order chi connectivity index (χ1) is 11.7. The highest BCUT2D eigenvalue weighted by Gasteiger charge is 2.18. The Balaban J connectivity index is 1.61. The number of fused-ring (bicyclic) bond motifs is 1. The maximum atomic E-state index is 6.13. The number of pyridine rings is 2. The minimum atomic E-state index is 0.698. The third-order valence-electron chi connectivity index (χ3n) is 4.87. The Bertz CT molecular complexity index is 849. The van der Waals surface area contributed by atoms with Crippen LogP contribution in [0.5, 0.6) is 0 Å². The molecular weight excluding hydrogens is 320 g/mol. The number of likely N-dealkylation sites (tertiary alicyclic amines) is 1. The van der Waals surface area contributed by atoms with E-state index in [2.05, 4.69) is 29.1 Å². The van der Waals surface area contributed by atoms with Crippen LogP contribution in [-0.2, 0) is 6.42 Å². The summed E-state index contributed by atoms with van der Waals surface area (Å²) >= 11 is 6.13. The third kappa shape index (κ3) is 3.17. The van der Waals surface area contributed by atoms with E-state index < -0.39 is 0 Å². The molecule has 1 saturated heterocycles. The highest BCUT2D eigenvalue weighted by Crippen LogP contribution is 2.24. The normalized spacial score (nSPS) is 16.8. The molecule has 0 saturated carbocycles. The van der Waals surface area contributed by atoms with Crippen molar-refractivity contribution in [2.45, 2.75) is 19.3 Å². The van der Waals surface area contributed by atoms with E-state index in [9.17, 15) is 0 Å². The zero-order chi connectivity index (χ0) is 16.5. The molecule has 3 aromatic heterocycles. The van der Waals surface area contributed by atoms with Crippen molar-refractivity contribution in [1.82, 2.24) is 19.3 Å². The largest absolute Gasteiger partial charge is 0.306 e. The number of rotatable bonds is 3. The molecule has 0 N–H and O–H groups in total. The van der Waals surface area contributed by atoms with Crippen molar-refractivity contribution in [2.24, 2.45) is 5.92 Å². The first kappa shape index (κ1) is 15.6. The molecule has 124 valence electrons. The van der Waals surface area contributed by atoms with Crippen LogP contribution in [0.15, 0.2) is 42.7 Å². The molecule has 1 fully saturated rings. The average Bonchev–Trinajstić information content (AvgIpc) is 3.00. The summed E-state index contributed by atoms with van der Waals surface area (Å²) < 4.78 is 2.00. The second-order valence-electron chi connectivity index (χ2n) is 6.68. The van der Waals surface area contributed by atoms with Crippen LogP contribution >= 0.6 is 11.6 Å². The van der Waals surface area contributed by atoms with Gasteiger partial charge in [-0.2, -0.15) is 0 Å². The van der Waals surface area contributed by atoms with Gasteiger partial charge in [-0.25, -0.2) is 4.98 Å². The minimum absolute atomic E-state index is 0.698. The van der Waals surface area contributed by atoms with Crippen LogP contribution < -0.4 is 0 Å². The molecule has 0 aromatic carbocycles. The van der Waals surface area contributed by atoms with Gasteiger partial charge < -0.3 is 4.90 Å². The summed E-state index contributed by atoms with van der Waals surface area (Å²) in [5.41, 5.74) is 3.99. The van der Waals surface area contributed by atoms with Gasteiger partial charge in [0.25, 0.3) is 0 Å². The number of nitrogens with zero attached hydrogens (tertiary/aromatic N) is 4. The third-order valence-corrected chi connectivity index (χ3v) is 5.10. The summed E-state index contributed by atoms with van der Waals surface area (Å²) in [5.74, 6) is 0.737. The monoisotopic (exact) mass is 340 g/mol. The highest BCUT2D eigenvalue weighted by atomic mass is 35.5. The lowest BCUT2D eigenvalue weighted by Gasteiger charge is -2.28. The number of halogens is 1. The number of aromatic nitrogens is 3. The van der Waals surface area contributed by atoms with Gasteiger partial charge in [-0.1, -0.05) is 17.7 Å². The van der Waals surface area contributed by atoms with Gasteiger partial charge in [-0.05, 0) is 69.6 Å². The highest BCUT2D eigenvalue weighted by molar-refractivity contribution is 6.30. The lowest BCUT2D eigenvalue weighted by Crippen LogP contribution is -2.31.